The Bertz CT molecular complexity index is 819. The first-order valence-corrected chi connectivity index (χ1v) is 6.77. The van der Waals surface area contributed by atoms with E-state index in [-0.39, 0.29) is 0 Å². The molecule has 2 N–H and O–H groups in total. The molecule has 1 aromatic heterocycles. The van der Waals surface area contributed by atoms with Gasteiger partial charge in [-0.1, -0.05) is 24.4 Å². The molecule has 3 aromatic rings. The number of halogens is 2. The third-order valence-electron chi connectivity index (χ3n) is 3.33. The molecule has 0 fully saturated rings. The number of rotatable bonds is 3. The highest BCUT2D eigenvalue weighted by atomic mass is 32.1. The molecule has 0 aliphatic carbocycles. The van der Waals surface area contributed by atoms with Crippen LogP contribution in [0.3, 0.4) is 0 Å². The quantitative estimate of drug-likeness (QED) is 0.749. The van der Waals surface area contributed by atoms with Crippen molar-refractivity contribution in [2.45, 2.75) is 6.54 Å². The summed E-state index contributed by atoms with van der Waals surface area (Å²) in [7, 11) is 0. The lowest BCUT2D eigenvalue weighted by Gasteiger charge is -2.07. The standard InChI is InChI=1S/C16H12F2N2S/c17-13-5-10(6-14(18)8-13)9-20-4-3-11-1-2-12(16(19)21)7-15(11)20/h1-8H,9H2,(H2,19,21). The van der Waals surface area contributed by atoms with Crippen LogP contribution in [0, 0.1) is 11.6 Å². The maximum Gasteiger partial charge on any atom is 0.126 e. The van der Waals surface area contributed by atoms with Crippen LogP contribution in [-0.4, -0.2) is 9.56 Å². The average Bonchev–Trinajstić information content (AvgIpc) is 2.80. The van der Waals surface area contributed by atoms with Crippen LogP contribution in [0.2, 0.25) is 0 Å². The van der Waals surface area contributed by atoms with Gasteiger partial charge in [0, 0.05) is 29.9 Å². The summed E-state index contributed by atoms with van der Waals surface area (Å²) in [5.74, 6) is -1.16. The first-order chi connectivity index (χ1) is 10.0. The summed E-state index contributed by atoms with van der Waals surface area (Å²) in [4.78, 5) is 0.321. The lowest BCUT2D eigenvalue weighted by molar-refractivity contribution is 0.578. The fourth-order valence-corrected chi connectivity index (χ4v) is 2.50. The van der Waals surface area contributed by atoms with Gasteiger partial charge in [-0.05, 0) is 35.2 Å². The Balaban J connectivity index is 2.03. The zero-order chi connectivity index (χ0) is 15.0. The van der Waals surface area contributed by atoms with Crippen molar-refractivity contribution in [3.63, 3.8) is 0 Å². The molecule has 2 aromatic carbocycles. The minimum absolute atomic E-state index is 0.321. The van der Waals surface area contributed by atoms with Crippen molar-refractivity contribution in [1.29, 1.82) is 0 Å². The van der Waals surface area contributed by atoms with Crippen molar-refractivity contribution in [1.82, 2.24) is 4.57 Å². The monoisotopic (exact) mass is 302 g/mol. The summed E-state index contributed by atoms with van der Waals surface area (Å²) in [6, 6.07) is 11.1. The first kappa shape index (κ1) is 13.7. The van der Waals surface area contributed by atoms with Crippen LogP contribution in [0.1, 0.15) is 11.1 Å². The van der Waals surface area contributed by atoms with Crippen LogP contribution < -0.4 is 5.73 Å². The molecule has 0 saturated heterocycles. The van der Waals surface area contributed by atoms with Gasteiger partial charge in [0.25, 0.3) is 0 Å². The zero-order valence-corrected chi connectivity index (χ0v) is 11.8. The molecule has 0 bridgehead atoms. The third-order valence-corrected chi connectivity index (χ3v) is 3.57. The van der Waals surface area contributed by atoms with Gasteiger partial charge in [-0.2, -0.15) is 0 Å². The number of aromatic nitrogens is 1. The van der Waals surface area contributed by atoms with E-state index in [9.17, 15) is 8.78 Å². The Hall–Kier alpha value is -2.27. The van der Waals surface area contributed by atoms with E-state index in [2.05, 4.69) is 0 Å². The van der Waals surface area contributed by atoms with Crippen molar-refractivity contribution in [3.8, 4) is 0 Å². The smallest absolute Gasteiger partial charge is 0.126 e. The second-order valence-electron chi connectivity index (χ2n) is 4.86. The van der Waals surface area contributed by atoms with Crippen LogP contribution >= 0.6 is 12.2 Å². The van der Waals surface area contributed by atoms with Crippen LogP contribution in [0.5, 0.6) is 0 Å². The second-order valence-corrected chi connectivity index (χ2v) is 5.30. The van der Waals surface area contributed by atoms with Crippen LogP contribution in [0.25, 0.3) is 10.9 Å². The van der Waals surface area contributed by atoms with E-state index < -0.39 is 11.6 Å². The lowest BCUT2D eigenvalue weighted by Crippen LogP contribution is -2.09. The topological polar surface area (TPSA) is 30.9 Å². The van der Waals surface area contributed by atoms with Crippen molar-refractivity contribution in [2.75, 3.05) is 0 Å². The number of nitrogens with two attached hydrogens (primary N) is 1. The normalized spacial score (nSPS) is 11.0. The number of nitrogens with zero attached hydrogens (tertiary/aromatic N) is 1. The summed E-state index contributed by atoms with van der Waals surface area (Å²) >= 11 is 4.98. The van der Waals surface area contributed by atoms with Gasteiger partial charge in [-0.3, -0.25) is 0 Å². The molecule has 0 radical (unpaired) electrons. The van der Waals surface area contributed by atoms with E-state index in [4.69, 9.17) is 18.0 Å². The number of hydrogen-bond acceptors (Lipinski definition) is 1. The Morgan fingerprint density at radius 2 is 1.76 bits per heavy atom. The van der Waals surface area contributed by atoms with Crippen LogP contribution in [0.4, 0.5) is 8.78 Å². The summed E-state index contributed by atoms with van der Waals surface area (Å²) in [6.07, 6.45) is 1.87. The number of thiocarbonyl (C=S) groups is 1. The minimum atomic E-state index is -0.578. The van der Waals surface area contributed by atoms with Gasteiger partial charge in [-0.25, -0.2) is 8.78 Å². The molecule has 0 aliphatic heterocycles. The van der Waals surface area contributed by atoms with Crippen molar-refractivity contribution in [2.24, 2.45) is 5.73 Å². The molecule has 0 saturated carbocycles. The van der Waals surface area contributed by atoms with E-state index in [1.165, 1.54) is 12.1 Å². The van der Waals surface area contributed by atoms with Gasteiger partial charge in [0.15, 0.2) is 0 Å². The van der Waals surface area contributed by atoms with E-state index in [1.807, 2.05) is 35.0 Å². The van der Waals surface area contributed by atoms with E-state index in [1.54, 1.807) is 0 Å². The van der Waals surface area contributed by atoms with Gasteiger partial charge in [0.2, 0.25) is 0 Å². The molecular formula is C16H12F2N2S. The molecule has 3 rings (SSSR count). The summed E-state index contributed by atoms with van der Waals surface area (Å²) in [5.41, 5.74) is 7.89. The second kappa shape index (κ2) is 5.26. The molecular weight excluding hydrogens is 290 g/mol. The first-order valence-electron chi connectivity index (χ1n) is 6.36. The van der Waals surface area contributed by atoms with Crippen molar-refractivity contribution >= 4 is 28.1 Å². The Kier molecular flexibility index (Phi) is 3.43. The minimum Gasteiger partial charge on any atom is -0.389 e. The molecule has 106 valence electrons. The van der Waals surface area contributed by atoms with Crippen LogP contribution in [-0.2, 0) is 6.54 Å². The van der Waals surface area contributed by atoms with Gasteiger partial charge < -0.3 is 10.3 Å². The molecule has 5 heteroatoms. The average molecular weight is 302 g/mol. The van der Waals surface area contributed by atoms with Gasteiger partial charge in [-0.15, -0.1) is 0 Å². The highest BCUT2D eigenvalue weighted by molar-refractivity contribution is 7.80. The predicted molar refractivity (Wildman–Crippen MR) is 83.3 cm³/mol. The lowest BCUT2D eigenvalue weighted by atomic mass is 10.1. The molecule has 2 nitrogen and oxygen atoms in total. The molecule has 0 aliphatic rings. The molecule has 0 spiro atoms. The fourth-order valence-electron chi connectivity index (χ4n) is 2.37. The molecule has 0 atom stereocenters. The van der Waals surface area contributed by atoms with E-state index >= 15 is 0 Å². The number of benzene rings is 2. The van der Waals surface area contributed by atoms with Gasteiger partial charge >= 0.3 is 0 Å². The maximum absolute atomic E-state index is 13.3. The SMILES string of the molecule is NC(=S)c1ccc2ccn(Cc3cc(F)cc(F)c3)c2c1. The predicted octanol–water partition coefficient (Wildman–Crippen LogP) is 3.60. The van der Waals surface area contributed by atoms with Gasteiger partial charge in [0.1, 0.15) is 16.6 Å². The van der Waals surface area contributed by atoms with E-state index in [0.717, 1.165) is 22.5 Å². The van der Waals surface area contributed by atoms with Crippen molar-refractivity contribution < 1.29 is 8.78 Å². The van der Waals surface area contributed by atoms with Crippen LogP contribution in [0.15, 0.2) is 48.7 Å². The van der Waals surface area contributed by atoms with Crippen molar-refractivity contribution in [3.05, 3.63) is 71.4 Å². The number of fused-ring (bicyclic) bond motifs is 1. The summed E-state index contributed by atoms with van der Waals surface area (Å²) in [5, 5.41) is 1.02. The Morgan fingerprint density at radius 3 is 2.43 bits per heavy atom. The fraction of sp³-hybridized carbons (Fsp3) is 0.0625. The molecule has 0 amide bonds. The van der Waals surface area contributed by atoms with E-state index in [0.29, 0.717) is 17.1 Å². The number of hydrogen-bond donors (Lipinski definition) is 1. The third kappa shape index (κ3) is 2.78. The molecule has 21 heavy (non-hydrogen) atoms. The summed E-state index contributed by atoms with van der Waals surface area (Å²) < 4.78 is 28.4. The zero-order valence-electron chi connectivity index (χ0n) is 11.0. The van der Waals surface area contributed by atoms with Gasteiger partial charge in [0.05, 0.1) is 0 Å². The Morgan fingerprint density at radius 1 is 1.05 bits per heavy atom. The molecule has 1 heterocycles. The highest BCUT2D eigenvalue weighted by Gasteiger charge is 2.06. The maximum atomic E-state index is 13.3. The summed E-state index contributed by atoms with van der Waals surface area (Å²) in [6.45, 7) is 0.374. The Labute approximate surface area is 125 Å². The molecule has 0 unspecified atom stereocenters. The largest absolute Gasteiger partial charge is 0.389 e. The highest BCUT2D eigenvalue weighted by Crippen LogP contribution is 2.20.